The fourth-order valence-electron chi connectivity index (χ4n) is 1.69. The summed E-state index contributed by atoms with van der Waals surface area (Å²) in [6, 6.07) is 3.55. The van der Waals surface area contributed by atoms with Crippen molar-refractivity contribution in [2.45, 2.75) is 20.3 Å². The summed E-state index contributed by atoms with van der Waals surface area (Å²) in [7, 11) is 0. The zero-order valence-corrected chi connectivity index (χ0v) is 11.2. The average Bonchev–Trinajstić information content (AvgIpc) is 2.45. The Morgan fingerprint density at radius 2 is 1.85 bits per heavy atom. The summed E-state index contributed by atoms with van der Waals surface area (Å²) >= 11 is 0. The van der Waals surface area contributed by atoms with Gasteiger partial charge < -0.3 is 10.7 Å². The standard InChI is InChI=1S/C13H15F2N5/c1-3-11-18-12(7(2)13(19-11)20-16)17-8-4-5-9(14)10(15)6-8/h4-6H,3,16H2,1-2H3,(H2,17,18,19,20). The van der Waals surface area contributed by atoms with Crippen LogP contribution in [0.1, 0.15) is 18.3 Å². The van der Waals surface area contributed by atoms with Crippen molar-refractivity contribution in [3.05, 3.63) is 41.2 Å². The van der Waals surface area contributed by atoms with E-state index in [1.54, 1.807) is 6.92 Å². The molecule has 106 valence electrons. The first kappa shape index (κ1) is 14.1. The number of nitrogen functional groups attached to an aromatic ring is 1. The fraction of sp³-hybridized carbons (Fsp3) is 0.231. The lowest BCUT2D eigenvalue weighted by atomic mass is 10.2. The molecule has 1 heterocycles. The van der Waals surface area contributed by atoms with Gasteiger partial charge in [-0.1, -0.05) is 6.92 Å². The van der Waals surface area contributed by atoms with Gasteiger partial charge in [0.15, 0.2) is 11.6 Å². The quantitative estimate of drug-likeness (QED) is 0.592. The summed E-state index contributed by atoms with van der Waals surface area (Å²) in [5, 5.41) is 2.94. The number of hydrogen-bond acceptors (Lipinski definition) is 5. The number of hydrogen-bond donors (Lipinski definition) is 3. The molecule has 0 aliphatic heterocycles. The second kappa shape index (κ2) is 5.79. The number of rotatable bonds is 4. The van der Waals surface area contributed by atoms with Crippen molar-refractivity contribution in [1.82, 2.24) is 9.97 Å². The Morgan fingerprint density at radius 3 is 2.45 bits per heavy atom. The van der Waals surface area contributed by atoms with E-state index in [1.165, 1.54) is 6.07 Å². The van der Waals surface area contributed by atoms with E-state index in [9.17, 15) is 8.78 Å². The number of aryl methyl sites for hydroxylation is 1. The van der Waals surface area contributed by atoms with Gasteiger partial charge in [-0.05, 0) is 19.1 Å². The molecule has 0 radical (unpaired) electrons. The van der Waals surface area contributed by atoms with E-state index in [1.807, 2.05) is 6.92 Å². The molecule has 0 amide bonds. The highest BCUT2D eigenvalue weighted by Gasteiger charge is 2.10. The van der Waals surface area contributed by atoms with Crippen LogP contribution < -0.4 is 16.6 Å². The van der Waals surface area contributed by atoms with Crippen LogP contribution in [0.25, 0.3) is 0 Å². The third-order valence-electron chi connectivity index (χ3n) is 2.83. The average molecular weight is 279 g/mol. The van der Waals surface area contributed by atoms with Crippen LogP contribution in [0, 0.1) is 18.6 Å². The Labute approximate surface area is 115 Å². The van der Waals surface area contributed by atoms with Crippen LogP contribution in [-0.2, 0) is 6.42 Å². The number of nitrogens with zero attached hydrogens (tertiary/aromatic N) is 2. The largest absolute Gasteiger partial charge is 0.340 e. The molecule has 0 unspecified atom stereocenters. The van der Waals surface area contributed by atoms with Gasteiger partial charge in [0.2, 0.25) is 0 Å². The molecule has 0 saturated heterocycles. The molecule has 1 aromatic carbocycles. The normalized spacial score (nSPS) is 10.4. The van der Waals surface area contributed by atoms with E-state index in [0.29, 0.717) is 35.1 Å². The van der Waals surface area contributed by atoms with Gasteiger partial charge in [0.05, 0.1) is 0 Å². The number of hydrazine groups is 1. The van der Waals surface area contributed by atoms with Gasteiger partial charge in [0.1, 0.15) is 17.5 Å². The molecule has 0 spiro atoms. The van der Waals surface area contributed by atoms with E-state index < -0.39 is 11.6 Å². The Morgan fingerprint density at radius 1 is 1.15 bits per heavy atom. The van der Waals surface area contributed by atoms with Crippen LogP contribution in [0.5, 0.6) is 0 Å². The van der Waals surface area contributed by atoms with Gasteiger partial charge in [0, 0.05) is 23.7 Å². The van der Waals surface area contributed by atoms with Crippen molar-refractivity contribution in [1.29, 1.82) is 0 Å². The van der Waals surface area contributed by atoms with E-state index in [4.69, 9.17) is 5.84 Å². The van der Waals surface area contributed by atoms with E-state index >= 15 is 0 Å². The highest BCUT2D eigenvalue weighted by Crippen LogP contribution is 2.24. The Balaban J connectivity index is 2.39. The summed E-state index contributed by atoms with van der Waals surface area (Å²) in [5.74, 6) is 5.16. The molecule has 0 bridgehead atoms. The van der Waals surface area contributed by atoms with Crippen LogP contribution in [0.4, 0.5) is 26.1 Å². The molecule has 5 nitrogen and oxygen atoms in total. The maximum absolute atomic E-state index is 13.2. The van der Waals surface area contributed by atoms with Crippen LogP contribution in [0.15, 0.2) is 18.2 Å². The molecule has 4 N–H and O–H groups in total. The van der Waals surface area contributed by atoms with Crippen molar-refractivity contribution >= 4 is 17.3 Å². The lowest BCUT2D eigenvalue weighted by Gasteiger charge is -2.13. The molecule has 0 aliphatic rings. The molecule has 2 rings (SSSR count). The van der Waals surface area contributed by atoms with Crippen LogP contribution in [-0.4, -0.2) is 9.97 Å². The summed E-state index contributed by atoms with van der Waals surface area (Å²) in [5.41, 5.74) is 3.58. The van der Waals surface area contributed by atoms with E-state index in [0.717, 1.165) is 12.1 Å². The Kier molecular flexibility index (Phi) is 4.09. The van der Waals surface area contributed by atoms with E-state index in [2.05, 4.69) is 20.7 Å². The molecule has 0 fully saturated rings. The molecule has 7 heteroatoms. The second-order valence-electron chi connectivity index (χ2n) is 4.21. The minimum Gasteiger partial charge on any atom is -0.340 e. The molecular weight excluding hydrogens is 264 g/mol. The zero-order valence-electron chi connectivity index (χ0n) is 11.2. The van der Waals surface area contributed by atoms with Crippen LogP contribution in [0.3, 0.4) is 0 Å². The van der Waals surface area contributed by atoms with Gasteiger partial charge >= 0.3 is 0 Å². The van der Waals surface area contributed by atoms with Crippen molar-refractivity contribution in [2.24, 2.45) is 5.84 Å². The van der Waals surface area contributed by atoms with Gasteiger partial charge in [-0.2, -0.15) is 0 Å². The Bertz CT molecular complexity index is 630. The molecule has 0 aliphatic carbocycles. The topological polar surface area (TPSA) is 75.9 Å². The third-order valence-corrected chi connectivity index (χ3v) is 2.83. The molecular formula is C13H15F2N5. The maximum atomic E-state index is 13.2. The minimum absolute atomic E-state index is 0.399. The van der Waals surface area contributed by atoms with Gasteiger partial charge in [-0.15, -0.1) is 0 Å². The number of nitrogens with two attached hydrogens (primary N) is 1. The highest BCUT2D eigenvalue weighted by atomic mass is 19.2. The first-order valence-corrected chi connectivity index (χ1v) is 6.11. The Hall–Kier alpha value is -2.28. The minimum atomic E-state index is -0.922. The predicted molar refractivity (Wildman–Crippen MR) is 73.6 cm³/mol. The second-order valence-corrected chi connectivity index (χ2v) is 4.21. The van der Waals surface area contributed by atoms with E-state index in [-0.39, 0.29) is 0 Å². The first-order chi connectivity index (χ1) is 9.55. The van der Waals surface area contributed by atoms with Crippen molar-refractivity contribution in [3.8, 4) is 0 Å². The van der Waals surface area contributed by atoms with Crippen molar-refractivity contribution < 1.29 is 8.78 Å². The molecule has 0 saturated carbocycles. The molecule has 2 aromatic rings. The summed E-state index contributed by atoms with van der Waals surface area (Å²) in [6.45, 7) is 3.68. The molecule has 1 aromatic heterocycles. The first-order valence-electron chi connectivity index (χ1n) is 6.11. The highest BCUT2D eigenvalue weighted by molar-refractivity contribution is 5.64. The smallest absolute Gasteiger partial charge is 0.160 e. The number of halogens is 2. The number of benzene rings is 1. The maximum Gasteiger partial charge on any atom is 0.160 e. The summed E-state index contributed by atoms with van der Waals surface area (Å²) in [6.07, 6.45) is 0.626. The van der Waals surface area contributed by atoms with Crippen LogP contribution >= 0.6 is 0 Å². The lowest BCUT2D eigenvalue weighted by molar-refractivity contribution is 0.509. The summed E-state index contributed by atoms with van der Waals surface area (Å²) in [4.78, 5) is 8.53. The number of aromatic nitrogens is 2. The lowest BCUT2D eigenvalue weighted by Crippen LogP contribution is -2.14. The number of nitrogens with one attached hydrogen (secondary N) is 2. The van der Waals surface area contributed by atoms with Crippen LogP contribution in [0.2, 0.25) is 0 Å². The third kappa shape index (κ3) is 2.83. The zero-order chi connectivity index (χ0) is 14.7. The monoisotopic (exact) mass is 279 g/mol. The predicted octanol–water partition coefficient (Wildman–Crippen LogP) is 2.65. The van der Waals surface area contributed by atoms with Gasteiger partial charge in [0.25, 0.3) is 0 Å². The van der Waals surface area contributed by atoms with Crippen molar-refractivity contribution in [2.75, 3.05) is 10.7 Å². The van der Waals surface area contributed by atoms with Gasteiger partial charge in [-0.25, -0.2) is 24.6 Å². The molecule has 20 heavy (non-hydrogen) atoms. The van der Waals surface area contributed by atoms with Crippen molar-refractivity contribution in [3.63, 3.8) is 0 Å². The number of anilines is 3. The molecule has 0 atom stereocenters. The van der Waals surface area contributed by atoms with Gasteiger partial charge in [-0.3, -0.25) is 0 Å². The fourth-order valence-corrected chi connectivity index (χ4v) is 1.69. The SMILES string of the molecule is CCc1nc(NN)c(C)c(Nc2ccc(F)c(F)c2)n1. The summed E-state index contributed by atoms with van der Waals surface area (Å²) < 4.78 is 26.1.